The average Bonchev–Trinajstić information content (AvgIpc) is 3.42. The molecular formula is C27H30N6O8S2. The summed E-state index contributed by atoms with van der Waals surface area (Å²) in [6.07, 6.45) is 2.56. The second kappa shape index (κ2) is 14.1. The molecule has 1 aromatic carbocycles. The van der Waals surface area contributed by atoms with Gasteiger partial charge >= 0.3 is 12.1 Å². The van der Waals surface area contributed by atoms with Gasteiger partial charge in [-0.1, -0.05) is 23.4 Å². The van der Waals surface area contributed by atoms with Crippen molar-refractivity contribution in [2.45, 2.75) is 37.9 Å². The van der Waals surface area contributed by atoms with Gasteiger partial charge in [0.15, 0.2) is 10.8 Å². The molecule has 0 saturated carbocycles. The molecule has 5 N–H and O–H groups in total. The molecule has 1 saturated heterocycles. The largest absolute Gasteiger partial charge is 0.497 e. The second-order valence-corrected chi connectivity index (χ2v) is 11.5. The fraction of sp³-hybridized carbons (Fsp3) is 0.333. The highest BCUT2D eigenvalue weighted by Crippen LogP contribution is 2.41. The number of alkyl carbamates (subject to hydrolysis) is 1. The van der Waals surface area contributed by atoms with Gasteiger partial charge in [-0.05, 0) is 43.2 Å². The van der Waals surface area contributed by atoms with Crippen LogP contribution in [0.5, 0.6) is 5.75 Å². The summed E-state index contributed by atoms with van der Waals surface area (Å²) in [6.45, 7) is 3.47. The summed E-state index contributed by atoms with van der Waals surface area (Å²) >= 11 is 2.37. The molecule has 2 aromatic rings. The summed E-state index contributed by atoms with van der Waals surface area (Å²) in [6, 6.07) is 5.85. The highest BCUT2D eigenvalue weighted by molar-refractivity contribution is 8.00. The lowest BCUT2D eigenvalue weighted by Gasteiger charge is -2.49. The first-order valence-electron chi connectivity index (χ1n) is 12.9. The SMILES string of the molecule is COc1ccc(COC(=O)C2=C(/C=C\COC(=O)NC(C)C)CS[C@@H]3[C@H](NC(=O)/C(=N\O)c4csc(N)n4)C(=O)N23)cc1. The average molecular weight is 631 g/mol. The van der Waals surface area contributed by atoms with Gasteiger partial charge in [0, 0.05) is 17.2 Å². The van der Waals surface area contributed by atoms with E-state index in [2.05, 4.69) is 20.8 Å². The molecule has 3 amide bonds. The van der Waals surface area contributed by atoms with E-state index in [1.807, 2.05) is 0 Å². The Morgan fingerprint density at radius 3 is 2.63 bits per heavy atom. The van der Waals surface area contributed by atoms with Gasteiger partial charge in [-0.15, -0.1) is 23.1 Å². The number of hydrogen-bond acceptors (Lipinski definition) is 13. The maximum atomic E-state index is 13.4. The number of β-lactam (4-membered cyclic amide) rings is 1. The zero-order valence-corrected chi connectivity index (χ0v) is 25.1. The van der Waals surface area contributed by atoms with Crippen molar-refractivity contribution in [2.75, 3.05) is 25.2 Å². The Morgan fingerprint density at radius 1 is 1.26 bits per heavy atom. The summed E-state index contributed by atoms with van der Waals surface area (Å²) in [4.78, 5) is 56.5. The van der Waals surface area contributed by atoms with Crippen LogP contribution in [-0.2, 0) is 30.5 Å². The van der Waals surface area contributed by atoms with Gasteiger partial charge in [-0.2, -0.15) is 0 Å². The number of thiazole rings is 1. The number of ether oxygens (including phenoxy) is 3. The number of nitrogens with two attached hydrogens (primary N) is 1. The third-order valence-electron chi connectivity index (χ3n) is 6.12. The number of rotatable bonds is 11. The number of nitrogens with zero attached hydrogens (tertiary/aromatic N) is 3. The minimum atomic E-state index is -1.01. The molecule has 3 heterocycles. The zero-order chi connectivity index (χ0) is 31.1. The normalized spacial score (nSPS) is 18.3. The van der Waals surface area contributed by atoms with Gasteiger partial charge in [0.1, 0.15) is 41.8 Å². The number of nitrogen functional groups attached to an aromatic ring is 1. The zero-order valence-electron chi connectivity index (χ0n) is 23.4. The topological polar surface area (TPSA) is 195 Å². The maximum Gasteiger partial charge on any atom is 0.407 e. The van der Waals surface area contributed by atoms with Crippen LogP contribution in [0.1, 0.15) is 25.1 Å². The molecule has 228 valence electrons. The van der Waals surface area contributed by atoms with E-state index in [1.165, 1.54) is 22.0 Å². The van der Waals surface area contributed by atoms with Crippen LogP contribution >= 0.6 is 23.1 Å². The van der Waals surface area contributed by atoms with Gasteiger partial charge in [0.2, 0.25) is 0 Å². The fourth-order valence-electron chi connectivity index (χ4n) is 4.11. The molecule has 2 aliphatic heterocycles. The van der Waals surface area contributed by atoms with Crippen LogP contribution in [0.25, 0.3) is 0 Å². The molecule has 1 aromatic heterocycles. The number of thioether (sulfide) groups is 1. The predicted molar refractivity (Wildman–Crippen MR) is 158 cm³/mol. The number of carbonyl (C=O) groups excluding carboxylic acids is 4. The van der Waals surface area contributed by atoms with Crippen LogP contribution in [0.2, 0.25) is 0 Å². The summed E-state index contributed by atoms with van der Waals surface area (Å²) in [5.74, 6) is -1.20. The third kappa shape index (κ3) is 7.45. The Hall–Kier alpha value is -4.57. The summed E-state index contributed by atoms with van der Waals surface area (Å²) < 4.78 is 15.8. The quantitative estimate of drug-likeness (QED) is 0.0932. The second-order valence-electron chi connectivity index (χ2n) is 9.48. The van der Waals surface area contributed by atoms with E-state index < -0.39 is 41.0 Å². The highest BCUT2D eigenvalue weighted by Gasteiger charge is 2.54. The first-order chi connectivity index (χ1) is 20.6. The number of hydrogen-bond donors (Lipinski definition) is 4. The molecular weight excluding hydrogens is 600 g/mol. The molecule has 4 rings (SSSR count). The van der Waals surface area contributed by atoms with Crippen LogP contribution in [0.3, 0.4) is 0 Å². The van der Waals surface area contributed by atoms with Crippen molar-refractivity contribution >= 4 is 57.8 Å². The lowest BCUT2D eigenvalue weighted by molar-refractivity contribution is -0.153. The molecule has 2 atom stereocenters. The predicted octanol–water partition coefficient (Wildman–Crippen LogP) is 2.00. The van der Waals surface area contributed by atoms with E-state index in [0.29, 0.717) is 16.9 Å². The van der Waals surface area contributed by atoms with E-state index in [0.717, 1.165) is 11.3 Å². The summed E-state index contributed by atoms with van der Waals surface area (Å²) in [7, 11) is 1.54. The number of esters is 1. The van der Waals surface area contributed by atoms with Crippen molar-refractivity contribution in [3.63, 3.8) is 0 Å². The number of oxime groups is 1. The van der Waals surface area contributed by atoms with Gasteiger partial charge < -0.3 is 35.8 Å². The molecule has 2 aliphatic rings. The minimum Gasteiger partial charge on any atom is -0.497 e. The van der Waals surface area contributed by atoms with E-state index in [1.54, 1.807) is 57.4 Å². The summed E-state index contributed by atoms with van der Waals surface area (Å²) in [5.41, 5.74) is 6.46. The molecule has 1 fully saturated rings. The highest BCUT2D eigenvalue weighted by atomic mass is 32.2. The number of anilines is 1. The maximum absolute atomic E-state index is 13.4. The number of amides is 3. The number of nitrogens with one attached hydrogen (secondary N) is 2. The minimum absolute atomic E-state index is 0.0129. The number of aromatic nitrogens is 1. The van der Waals surface area contributed by atoms with Gasteiger partial charge in [0.25, 0.3) is 11.8 Å². The lowest BCUT2D eigenvalue weighted by atomic mass is 10.0. The molecule has 0 bridgehead atoms. The van der Waals surface area contributed by atoms with E-state index in [4.69, 9.17) is 19.9 Å². The summed E-state index contributed by atoms with van der Waals surface area (Å²) in [5, 5.41) is 18.6. The van der Waals surface area contributed by atoms with Crippen molar-refractivity contribution in [1.29, 1.82) is 0 Å². The fourth-order valence-corrected chi connectivity index (χ4v) is 5.98. The molecule has 0 radical (unpaired) electrons. The number of benzene rings is 1. The van der Waals surface area contributed by atoms with Crippen molar-refractivity contribution < 1.29 is 38.6 Å². The van der Waals surface area contributed by atoms with Crippen LogP contribution in [0.4, 0.5) is 9.93 Å². The molecule has 0 unspecified atom stereocenters. The van der Waals surface area contributed by atoms with Crippen molar-refractivity contribution in [2.24, 2.45) is 5.16 Å². The smallest absolute Gasteiger partial charge is 0.407 e. The number of carbonyl (C=O) groups is 4. The lowest BCUT2D eigenvalue weighted by Crippen LogP contribution is -2.71. The number of fused-ring (bicyclic) bond motifs is 1. The van der Waals surface area contributed by atoms with Gasteiger partial charge in [-0.3, -0.25) is 14.5 Å². The van der Waals surface area contributed by atoms with Gasteiger partial charge in [0.05, 0.1) is 7.11 Å². The Labute approximate surface area is 254 Å². The van der Waals surface area contributed by atoms with E-state index in [9.17, 15) is 24.4 Å². The van der Waals surface area contributed by atoms with Crippen LogP contribution in [0, 0.1) is 0 Å². The van der Waals surface area contributed by atoms with Crippen molar-refractivity contribution in [1.82, 2.24) is 20.5 Å². The van der Waals surface area contributed by atoms with E-state index in [-0.39, 0.29) is 41.5 Å². The number of allylic oxidation sites excluding steroid dienone is 1. The van der Waals surface area contributed by atoms with Gasteiger partial charge in [-0.25, -0.2) is 14.6 Å². The Bertz CT molecular complexity index is 1470. The first kappa shape index (κ1) is 31.4. The third-order valence-corrected chi connectivity index (χ3v) is 8.10. The molecule has 16 heteroatoms. The van der Waals surface area contributed by atoms with Crippen LogP contribution in [-0.4, -0.2) is 81.6 Å². The van der Waals surface area contributed by atoms with Crippen LogP contribution < -0.4 is 21.1 Å². The standard InChI is InChI=1S/C27H30N6O8S2/c1-14(2)29-27(37)40-10-4-5-16-12-42-24-20(31-22(34)19(32-38)18-13-43-26(28)30-18)23(35)33(24)21(16)25(36)41-11-15-6-8-17(39-3)9-7-15/h4-9,13-14,20,24,38H,10-12H2,1-3H3,(H2,28,30)(H,29,37)(H,31,34)/b5-4-,32-19-/t20-,24-/m1/s1. The Kier molecular flexibility index (Phi) is 10.3. The van der Waals surface area contributed by atoms with Crippen LogP contribution in [0.15, 0.2) is 58.2 Å². The monoisotopic (exact) mass is 630 g/mol. The number of methoxy groups -OCH3 is 1. The van der Waals surface area contributed by atoms with Crippen molar-refractivity contribution in [3.8, 4) is 5.75 Å². The molecule has 14 nitrogen and oxygen atoms in total. The molecule has 0 aliphatic carbocycles. The Balaban J connectivity index is 1.50. The first-order valence-corrected chi connectivity index (χ1v) is 14.9. The Morgan fingerprint density at radius 2 is 2.00 bits per heavy atom. The van der Waals surface area contributed by atoms with E-state index >= 15 is 0 Å². The molecule has 0 spiro atoms. The van der Waals surface area contributed by atoms with Crippen molar-refractivity contribution in [3.05, 3.63) is 64.3 Å². The molecule has 43 heavy (non-hydrogen) atoms.